The zero-order valence-corrected chi connectivity index (χ0v) is 34.7. The van der Waals surface area contributed by atoms with Crippen LogP contribution in [0.2, 0.25) is 0 Å². The minimum atomic E-state index is -0.997. The SMILES string of the molecule is CC1CN(C2CC2)CCC(O[C@@H]2[C@H](C)O[C@@H](O[C@@H]3[C@H](C)O[C@@H](O[C@H]4CC[C@@]5(C)C(CCC6C5C[C@H](O)[C@]5(C)[C@@H](C7=CC(=O)OC7)CC[C@]65O)C4)C[C@@H]3O)C[C@@H]2O)O1. The number of carbonyl (C=O) groups excluding carboxylic acids is 1. The molecule has 8 fully saturated rings. The van der Waals surface area contributed by atoms with Gasteiger partial charge in [0.15, 0.2) is 18.9 Å². The lowest BCUT2D eigenvalue weighted by Gasteiger charge is -2.65. The number of carbonyl (C=O) groups is 1. The monoisotopic (exact) mass is 803 g/mol. The topological polar surface area (TPSA) is 166 Å². The van der Waals surface area contributed by atoms with Crippen molar-refractivity contribution >= 4 is 5.97 Å². The van der Waals surface area contributed by atoms with Gasteiger partial charge in [-0.15, -0.1) is 0 Å². The van der Waals surface area contributed by atoms with E-state index in [0.29, 0.717) is 24.8 Å². The van der Waals surface area contributed by atoms with Crippen LogP contribution < -0.4 is 0 Å². The average molecular weight is 804 g/mol. The quantitative estimate of drug-likeness (QED) is 0.206. The lowest BCUT2D eigenvalue weighted by molar-refractivity contribution is -0.329. The number of rotatable bonds is 8. The Kier molecular flexibility index (Phi) is 11.3. The smallest absolute Gasteiger partial charge is 0.331 e. The first-order valence-electron chi connectivity index (χ1n) is 22.5. The van der Waals surface area contributed by atoms with E-state index in [1.807, 2.05) is 13.8 Å². The van der Waals surface area contributed by atoms with Gasteiger partial charge in [-0.25, -0.2) is 4.79 Å². The zero-order chi connectivity index (χ0) is 40.0. The Hall–Kier alpha value is -1.23. The third-order valence-electron chi connectivity index (χ3n) is 16.9. The third kappa shape index (κ3) is 7.38. The predicted molar refractivity (Wildman–Crippen MR) is 205 cm³/mol. The average Bonchev–Trinajstić information content (AvgIpc) is 3.88. The number of aliphatic hydroxyl groups excluding tert-OH is 3. The van der Waals surface area contributed by atoms with Crippen molar-refractivity contribution in [1.29, 1.82) is 0 Å². The summed E-state index contributed by atoms with van der Waals surface area (Å²) in [4.78, 5) is 14.5. The summed E-state index contributed by atoms with van der Waals surface area (Å²) in [6.45, 7) is 12.4. The normalized spacial score (nSPS) is 53.3. The zero-order valence-electron chi connectivity index (χ0n) is 34.7. The van der Waals surface area contributed by atoms with E-state index in [0.717, 1.165) is 63.6 Å². The standard InChI is InChI=1S/C44H69NO12/c1-23-21-45(28-7-8-28)15-12-37(52-23)56-40-24(2)54-39(20-34(40)47)57-41-25(3)53-38(19-33(41)46)55-29-10-13-42(4)27(17-29)6-9-31-32(42)18-35(48)43(5)30(11-14-44(31,43)50)26-16-36(49)51-22-26/h16,23-25,27-35,37-41,46-48,50H,6-15,17-22H2,1-5H3/t23?,24-,25-,27?,29-,30+,31?,32?,33-,34-,35-,37?,38-,39-,40+,41+,42-,43-,44-/m0/s1. The summed E-state index contributed by atoms with van der Waals surface area (Å²) in [5.41, 5.74) is -0.828. The van der Waals surface area contributed by atoms with Crippen molar-refractivity contribution in [2.24, 2.45) is 34.5 Å². The summed E-state index contributed by atoms with van der Waals surface area (Å²) in [7, 11) is 0. The number of nitrogens with zero attached hydrogens (tertiary/aromatic N) is 1. The first-order valence-corrected chi connectivity index (χ1v) is 22.5. The fourth-order valence-corrected chi connectivity index (χ4v) is 13.6. The molecule has 9 rings (SSSR count). The summed E-state index contributed by atoms with van der Waals surface area (Å²) in [6.07, 6.45) is 5.89. The Morgan fingerprint density at radius 1 is 0.754 bits per heavy atom. The molecule has 4 aliphatic heterocycles. The van der Waals surface area contributed by atoms with E-state index in [1.165, 1.54) is 12.8 Å². The molecule has 13 nitrogen and oxygen atoms in total. The molecule has 0 aromatic heterocycles. The molecule has 5 saturated carbocycles. The minimum Gasteiger partial charge on any atom is -0.458 e. The molecule has 0 aromatic rings. The van der Waals surface area contributed by atoms with Crippen molar-refractivity contribution in [3.05, 3.63) is 11.6 Å². The molecule has 4 N–H and O–H groups in total. The maximum Gasteiger partial charge on any atom is 0.331 e. The second-order valence-electron chi connectivity index (χ2n) is 20.1. The first kappa shape index (κ1) is 41.1. The van der Waals surface area contributed by atoms with E-state index in [2.05, 4.69) is 25.7 Å². The van der Waals surface area contributed by atoms with E-state index in [-0.39, 0.29) is 60.8 Å². The summed E-state index contributed by atoms with van der Waals surface area (Å²) < 4.78 is 43.3. The van der Waals surface area contributed by atoms with Crippen molar-refractivity contribution in [3.8, 4) is 0 Å². The maximum atomic E-state index is 12.6. The second kappa shape index (κ2) is 15.6. The van der Waals surface area contributed by atoms with Gasteiger partial charge in [0.1, 0.15) is 18.8 Å². The van der Waals surface area contributed by atoms with Crippen molar-refractivity contribution in [3.63, 3.8) is 0 Å². The molecule has 0 bridgehead atoms. The molecule has 19 atom stereocenters. The van der Waals surface area contributed by atoms with Crippen LogP contribution in [0.5, 0.6) is 0 Å². The highest BCUT2D eigenvalue weighted by atomic mass is 16.7. The molecule has 3 saturated heterocycles. The summed E-state index contributed by atoms with van der Waals surface area (Å²) >= 11 is 0. The summed E-state index contributed by atoms with van der Waals surface area (Å²) in [5.74, 6) is 0.289. The van der Waals surface area contributed by atoms with E-state index < -0.39 is 72.6 Å². The van der Waals surface area contributed by atoms with Crippen LogP contribution in [-0.2, 0) is 38.0 Å². The lowest BCUT2D eigenvalue weighted by atomic mass is 9.42. The van der Waals surface area contributed by atoms with Crippen LogP contribution in [-0.4, -0.2) is 136 Å². The summed E-state index contributed by atoms with van der Waals surface area (Å²) in [6, 6.07) is 0.669. The van der Waals surface area contributed by atoms with Crippen LogP contribution >= 0.6 is 0 Å². The number of aliphatic hydroxyl groups is 4. The first-order chi connectivity index (χ1) is 27.2. The van der Waals surface area contributed by atoms with Crippen molar-refractivity contribution in [2.45, 2.75) is 204 Å². The number of ether oxygens (including phenoxy) is 7. The largest absolute Gasteiger partial charge is 0.458 e. The molecule has 5 aliphatic carbocycles. The third-order valence-corrected chi connectivity index (χ3v) is 16.9. The van der Waals surface area contributed by atoms with Gasteiger partial charge in [0.25, 0.3) is 0 Å². The van der Waals surface area contributed by atoms with Crippen LogP contribution in [0.3, 0.4) is 0 Å². The van der Waals surface area contributed by atoms with Gasteiger partial charge in [0, 0.05) is 49.9 Å². The van der Waals surface area contributed by atoms with Crippen molar-refractivity contribution < 1.29 is 58.4 Å². The van der Waals surface area contributed by atoms with Gasteiger partial charge in [-0.3, -0.25) is 4.90 Å². The predicted octanol–water partition coefficient (Wildman–Crippen LogP) is 3.96. The fraction of sp³-hybridized carbons (Fsp3) is 0.932. The van der Waals surface area contributed by atoms with Gasteiger partial charge in [0.2, 0.25) is 0 Å². The van der Waals surface area contributed by atoms with Gasteiger partial charge in [-0.2, -0.15) is 0 Å². The Morgan fingerprint density at radius 3 is 2.09 bits per heavy atom. The molecule has 4 heterocycles. The van der Waals surface area contributed by atoms with Gasteiger partial charge < -0.3 is 53.6 Å². The highest BCUT2D eigenvalue weighted by molar-refractivity contribution is 5.85. The Labute approximate surface area is 338 Å². The van der Waals surface area contributed by atoms with Crippen LogP contribution in [0.4, 0.5) is 0 Å². The molecule has 0 spiro atoms. The van der Waals surface area contributed by atoms with Crippen LogP contribution in [0.15, 0.2) is 11.6 Å². The molecule has 13 heteroatoms. The molecule has 0 radical (unpaired) electrons. The van der Waals surface area contributed by atoms with Gasteiger partial charge >= 0.3 is 5.97 Å². The Morgan fingerprint density at radius 2 is 1.44 bits per heavy atom. The van der Waals surface area contributed by atoms with E-state index >= 15 is 0 Å². The fourth-order valence-electron chi connectivity index (χ4n) is 13.6. The second-order valence-corrected chi connectivity index (χ2v) is 20.1. The van der Waals surface area contributed by atoms with E-state index in [9.17, 15) is 25.2 Å². The van der Waals surface area contributed by atoms with Crippen molar-refractivity contribution in [2.75, 3.05) is 19.7 Å². The molecule has 57 heavy (non-hydrogen) atoms. The number of hydrogen-bond acceptors (Lipinski definition) is 13. The van der Waals surface area contributed by atoms with Gasteiger partial charge in [-0.1, -0.05) is 13.8 Å². The lowest BCUT2D eigenvalue weighted by Crippen LogP contribution is -2.67. The Balaban J connectivity index is 0.765. The number of fused-ring (bicyclic) bond motifs is 5. The molecule has 5 unspecified atom stereocenters. The number of hydrogen-bond donors (Lipinski definition) is 4. The molecule has 322 valence electrons. The minimum absolute atomic E-state index is 0.0159. The van der Waals surface area contributed by atoms with E-state index in [4.69, 9.17) is 33.2 Å². The van der Waals surface area contributed by atoms with Gasteiger partial charge in [0.05, 0.1) is 48.3 Å². The number of esters is 1. The molecular formula is C44H69NO12. The molecule has 0 amide bonds. The van der Waals surface area contributed by atoms with Crippen LogP contribution in [0.1, 0.15) is 118 Å². The Bertz CT molecular complexity index is 1490. The van der Waals surface area contributed by atoms with Crippen molar-refractivity contribution in [1.82, 2.24) is 4.90 Å². The number of cyclic esters (lactones) is 1. The molecule has 9 aliphatic rings. The summed E-state index contributed by atoms with van der Waals surface area (Å²) in [5, 5.41) is 47.1. The van der Waals surface area contributed by atoms with E-state index in [1.54, 1.807) is 6.08 Å². The molecular weight excluding hydrogens is 734 g/mol. The molecule has 0 aromatic carbocycles. The maximum absolute atomic E-state index is 12.6. The van der Waals surface area contributed by atoms with Crippen LogP contribution in [0, 0.1) is 34.5 Å². The highest BCUT2D eigenvalue weighted by Crippen LogP contribution is 2.70. The highest BCUT2D eigenvalue weighted by Gasteiger charge is 2.71. The van der Waals surface area contributed by atoms with Crippen LogP contribution in [0.25, 0.3) is 0 Å². The van der Waals surface area contributed by atoms with Gasteiger partial charge in [-0.05, 0) is 120 Å².